The molecule has 0 saturated carbocycles. The summed E-state index contributed by atoms with van der Waals surface area (Å²) in [5, 5.41) is 0. The van der Waals surface area contributed by atoms with Crippen molar-refractivity contribution >= 4 is 27.0 Å². The molecule has 6 heteroatoms. The SMILES string of the molecule is FC(F)Oc1ccc2[nH]cnc2c1Br. The maximum Gasteiger partial charge on any atom is 0.387 e. The summed E-state index contributed by atoms with van der Waals surface area (Å²) in [6.07, 6.45) is 1.49. The van der Waals surface area contributed by atoms with Crippen LogP contribution in [0.25, 0.3) is 11.0 Å². The Morgan fingerprint density at radius 1 is 1.43 bits per heavy atom. The van der Waals surface area contributed by atoms with E-state index in [9.17, 15) is 8.78 Å². The number of nitrogens with zero attached hydrogens (tertiary/aromatic N) is 1. The molecule has 74 valence electrons. The van der Waals surface area contributed by atoms with Crippen LogP contribution < -0.4 is 4.74 Å². The number of rotatable bonds is 2. The molecule has 14 heavy (non-hydrogen) atoms. The van der Waals surface area contributed by atoms with E-state index in [0.717, 1.165) is 5.52 Å². The Kier molecular flexibility index (Phi) is 2.37. The summed E-state index contributed by atoms with van der Waals surface area (Å²) in [6.45, 7) is -2.83. The third kappa shape index (κ3) is 1.57. The van der Waals surface area contributed by atoms with Gasteiger partial charge < -0.3 is 9.72 Å². The van der Waals surface area contributed by atoms with Crippen LogP contribution in [0.1, 0.15) is 0 Å². The van der Waals surface area contributed by atoms with Crippen LogP contribution in [-0.4, -0.2) is 16.6 Å². The summed E-state index contributed by atoms with van der Waals surface area (Å²) in [5.41, 5.74) is 1.33. The number of H-pyrrole nitrogens is 1. The van der Waals surface area contributed by atoms with Crippen molar-refractivity contribution in [1.29, 1.82) is 0 Å². The van der Waals surface area contributed by atoms with Crippen molar-refractivity contribution in [1.82, 2.24) is 9.97 Å². The molecule has 2 aromatic rings. The topological polar surface area (TPSA) is 37.9 Å². The molecule has 1 aromatic heterocycles. The Bertz CT molecular complexity index is 458. The Balaban J connectivity index is 2.51. The predicted octanol–water partition coefficient (Wildman–Crippen LogP) is 2.93. The van der Waals surface area contributed by atoms with Crippen LogP contribution in [-0.2, 0) is 0 Å². The fourth-order valence-corrected chi connectivity index (χ4v) is 1.68. The zero-order valence-electron chi connectivity index (χ0n) is 6.80. The highest BCUT2D eigenvalue weighted by atomic mass is 79.9. The molecule has 0 atom stereocenters. The second-order valence-corrected chi connectivity index (χ2v) is 3.35. The third-order valence-electron chi connectivity index (χ3n) is 1.71. The summed E-state index contributed by atoms with van der Waals surface area (Å²) in [4.78, 5) is 6.82. The molecule has 0 aliphatic heterocycles. The van der Waals surface area contributed by atoms with Gasteiger partial charge in [0.2, 0.25) is 0 Å². The predicted molar refractivity (Wildman–Crippen MR) is 50.4 cm³/mol. The van der Waals surface area contributed by atoms with Crippen molar-refractivity contribution in [3.63, 3.8) is 0 Å². The average Bonchev–Trinajstić information content (AvgIpc) is 2.57. The molecule has 0 radical (unpaired) electrons. The first kappa shape index (κ1) is 9.39. The van der Waals surface area contributed by atoms with Gasteiger partial charge in [-0.15, -0.1) is 0 Å². The Labute approximate surface area is 86.2 Å². The summed E-state index contributed by atoms with van der Waals surface area (Å²) >= 11 is 3.15. The lowest BCUT2D eigenvalue weighted by Crippen LogP contribution is -2.02. The van der Waals surface area contributed by atoms with Gasteiger partial charge in [-0.05, 0) is 28.1 Å². The van der Waals surface area contributed by atoms with Crippen LogP contribution >= 0.6 is 15.9 Å². The van der Waals surface area contributed by atoms with E-state index >= 15 is 0 Å². The van der Waals surface area contributed by atoms with Gasteiger partial charge >= 0.3 is 6.61 Å². The number of hydrogen-bond donors (Lipinski definition) is 1. The molecule has 0 spiro atoms. The van der Waals surface area contributed by atoms with Crippen molar-refractivity contribution in [2.75, 3.05) is 0 Å². The van der Waals surface area contributed by atoms with Gasteiger partial charge in [-0.1, -0.05) is 0 Å². The van der Waals surface area contributed by atoms with E-state index in [1.54, 1.807) is 6.07 Å². The second kappa shape index (κ2) is 3.53. The number of aromatic amines is 1. The van der Waals surface area contributed by atoms with Gasteiger partial charge in [0.25, 0.3) is 0 Å². The number of hydrogen-bond acceptors (Lipinski definition) is 2. The molecule has 0 saturated heterocycles. The van der Waals surface area contributed by atoms with E-state index in [1.165, 1.54) is 12.4 Å². The van der Waals surface area contributed by atoms with E-state index in [4.69, 9.17) is 0 Å². The molecule has 0 amide bonds. The van der Waals surface area contributed by atoms with Crippen molar-refractivity contribution in [2.24, 2.45) is 0 Å². The van der Waals surface area contributed by atoms with Crippen LogP contribution in [0.4, 0.5) is 8.78 Å². The minimum absolute atomic E-state index is 0.0830. The number of benzene rings is 1. The van der Waals surface area contributed by atoms with E-state index in [2.05, 4.69) is 30.6 Å². The quantitative estimate of drug-likeness (QED) is 0.904. The molecule has 0 bridgehead atoms. The number of alkyl halides is 2. The first-order valence-electron chi connectivity index (χ1n) is 3.75. The minimum atomic E-state index is -2.83. The van der Waals surface area contributed by atoms with Gasteiger partial charge in [-0.25, -0.2) is 4.98 Å². The van der Waals surface area contributed by atoms with E-state index in [-0.39, 0.29) is 5.75 Å². The van der Waals surface area contributed by atoms with Crippen molar-refractivity contribution in [2.45, 2.75) is 6.61 Å². The largest absolute Gasteiger partial charge is 0.434 e. The Hall–Kier alpha value is -1.17. The monoisotopic (exact) mass is 262 g/mol. The summed E-state index contributed by atoms with van der Waals surface area (Å²) in [7, 11) is 0. The van der Waals surface area contributed by atoms with Crippen LogP contribution in [0.15, 0.2) is 22.9 Å². The highest BCUT2D eigenvalue weighted by Crippen LogP contribution is 2.32. The molecule has 1 aromatic carbocycles. The van der Waals surface area contributed by atoms with E-state index < -0.39 is 6.61 Å². The number of ether oxygens (including phenoxy) is 1. The van der Waals surface area contributed by atoms with Gasteiger partial charge in [0.15, 0.2) is 0 Å². The molecule has 0 aliphatic rings. The number of imidazole rings is 1. The van der Waals surface area contributed by atoms with E-state index in [0.29, 0.717) is 9.99 Å². The third-order valence-corrected chi connectivity index (χ3v) is 2.48. The van der Waals surface area contributed by atoms with Crippen molar-refractivity contribution in [3.05, 3.63) is 22.9 Å². The highest BCUT2D eigenvalue weighted by molar-refractivity contribution is 9.10. The van der Waals surface area contributed by atoms with E-state index in [1.807, 2.05) is 0 Å². The van der Waals surface area contributed by atoms with Gasteiger partial charge in [-0.3, -0.25) is 0 Å². The summed E-state index contributed by atoms with van der Waals surface area (Å²) in [5.74, 6) is 0.0830. The minimum Gasteiger partial charge on any atom is -0.434 e. The Morgan fingerprint density at radius 3 is 2.93 bits per heavy atom. The zero-order valence-corrected chi connectivity index (χ0v) is 8.38. The van der Waals surface area contributed by atoms with Crippen LogP contribution in [0, 0.1) is 0 Å². The first-order valence-corrected chi connectivity index (χ1v) is 4.54. The molecular formula is C8H5BrF2N2O. The smallest absolute Gasteiger partial charge is 0.387 e. The van der Waals surface area contributed by atoms with Crippen LogP contribution in [0.2, 0.25) is 0 Å². The normalized spacial score (nSPS) is 11.1. The molecule has 3 nitrogen and oxygen atoms in total. The van der Waals surface area contributed by atoms with Crippen molar-refractivity contribution < 1.29 is 13.5 Å². The molecule has 2 rings (SSSR count). The molecule has 1 N–H and O–H groups in total. The van der Waals surface area contributed by atoms with Gasteiger partial charge in [-0.2, -0.15) is 8.78 Å². The molecular weight excluding hydrogens is 258 g/mol. The fraction of sp³-hybridized carbons (Fsp3) is 0.125. The number of nitrogens with one attached hydrogen (secondary N) is 1. The zero-order chi connectivity index (χ0) is 10.1. The standard InChI is InChI=1S/C8H5BrF2N2O/c9-6-5(14-8(10)11)2-1-4-7(6)13-3-12-4/h1-3,8H,(H,12,13). The van der Waals surface area contributed by atoms with Gasteiger partial charge in [0.1, 0.15) is 11.3 Å². The average molecular weight is 263 g/mol. The number of fused-ring (bicyclic) bond motifs is 1. The summed E-state index contributed by atoms with van der Waals surface area (Å²) < 4.78 is 28.6. The Morgan fingerprint density at radius 2 is 2.21 bits per heavy atom. The molecule has 0 aliphatic carbocycles. The maximum atomic E-state index is 12.0. The van der Waals surface area contributed by atoms with Crippen LogP contribution in [0.3, 0.4) is 0 Å². The molecule has 0 unspecified atom stereocenters. The molecule has 1 heterocycles. The lowest BCUT2D eigenvalue weighted by Gasteiger charge is -2.06. The van der Waals surface area contributed by atoms with Crippen LogP contribution in [0.5, 0.6) is 5.75 Å². The molecule has 0 fully saturated rings. The highest BCUT2D eigenvalue weighted by Gasteiger charge is 2.11. The second-order valence-electron chi connectivity index (χ2n) is 2.55. The van der Waals surface area contributed by atoms with Crippen molar-refractivity contribution in [3.8, 4) is 5.75 Å². The fourth-order valence-electron chi connectivity index (χ4n) is 1.14. The maximum absolute atomic E-state index is 12.0. The summed E-state index contributed by atoms with van der Waals surface area (Å²) in [6, 6.07) is 3.08. The van der Waals surface area contributed by atoms with Gasteiger partial charge in [0.05, 0.1) is 16.3 Å². The van der Waals surface area contributed by atoms with Gasteiger partial charge in [0, 0.05) is 0 Å². The number of aromatic nitrogens is 2. The lowest BCUT2D eigenvalue weighted by atomic mass is 10.3. The number of halogens is 3. The lowest BCUT2D eigenvalue weighted by molar-refractivity contribution is -0.0502. The first-order chi connectivity index (χ1) is 6.68.